The average Bonchev–Trinajstić information content (AvgIpc) is 3.21. The molecule has 1 unspecified atom stereocenters. The zero-order chi connectivity index (χ0) is 25.5. The van der Waals surface area contributed by atoms with Gasteiger partial charge in [-0.05, 0) is 85.3 Å². The molecule has 1 aliphatic carbocycles. The number of carbonyl (C=O) groups is 2. The maximum absolute atomic E-state index is 10.9. The fourth-order valence-corrected chi connectivity index (χ4v) is 4.45. The molecule has 34 heavy (non-hydrogen) atoms. The molecule has 7 nitrogen and oxygen atoms in total. The number of rotatable bonds is 5. The number of methoxy groups -OCH3 is 3. The predicted molar refractivity (Wildman–Crippen MR) is 135 cm³/mol. The topological polar surface area (TPSA) is 83.1 Å². The largest absolute Gasteiger partial charge is 0.496 e. The van der Waals surface area contributed by atoms with Crippen molar-refractivity contribution in [2.45, 2.75) is 52.1 Å². The van der Waals surface area contributed by atoms with Crippen LogP contribution in [0.3, 0.4) is 0 Å². The van der Waals surface area contributed by atoms with Gasteiger partial charge in [-0.25, -0.2) is 4.79 Å². The zero-order valence-electron chi connectivity index (χ0n) is 20.9. The van der Waals surface area contributed by atoms with E-state index in [1.165, 1.54) is 23.8 Å². The molecular weight excluding hydrogens is 502 g/mol. The Balaban J connectivity index is 0.000000273. The van der Waals surface area contributed by atoms with Gasteiger partial charge in [-0.2, -0.15) is 0 Å². The summed E-state index contributed by atoms with van der Waals surface area (Å²) in [6.07, 6.45) is 1.59. The van der Waals surface area contributed by atoms with Crippen LogP contribution in [0.25, 0.3) is 0 Å². The van der Waals surface area contributed by atoms with Crippen molar-refractivity contribution in [3.05, 3.63) is 57.1 Å². The van der Waals surface area contributed by atoms with Crippen molar-refractivity contribution in [1.29, 1.82) is 0 Å². The van der Waals surface area contributed by atoms with Crippen molar-refractivity contribution in [1.82, 2.24) is 5.32 Å². The molecule has 2 aromatic carbocycles. The fourth-order valence-electron chi connectivity index (χ4n) is 3.94. The summed E-state index contributed by atoms with van der Waals surface area (Å²) in [5, 5.41) is 2.25. The molecule has 0 aromatic heterocycles. The lowest BCUT2D eigenvalue weighted by atomic mass is 9.90. The van der Waals surface area contributed by atoms with Crippen LogP contribution in [0.5, 0.6) is 11.5 Å². The minimum atomic E-state index is -0.627. The number of halogens is 1. The normalized spacial score (nSPS) is 14.3. The molecule has 2 aromatic rings. The lowest BCUT2D eigenvalue weighted by molar-refractivity contribution is -0.139. The minimum Gasteiger partial charge on any atom is -0.496 e. The number of alkyl carbamates (subject to hydrolysis) is 1. The summed E-state index contributed by atoms with van der Waals surface area (Å²) < 4.78 is 21.4. The molecule has 0 spiro atoms. The van der Waals surface area contributed by atoms with E-state index in [1.807, 2.05) is 12.1 Å². The van der Waals surface area contributed by atoms with Gasteiger partial charge in [0.15, 0.2) is 0 Å². The molecule has 0 radical (unpaired) electrons. The third kappa shape index (κ3) is 7.13. The third-order valence-corrected chi connectivity index (χ3v) is 6.01. The second kappa shape index (κ2) is 12.1. The Hall–Kier alpha value is -2.74. The molecule has 1 aliphatic rings. The highest BCUT2D eigenvalue weighted by Gasteiger charge is 2.30. The van der Waals surface area contributed by atoms with Gasteiger partial charge in [0, 0.05) is 11.5 Å². The summed E-state index contributed by atoms with van der Waals surface area (Å²) in [4.78, 5) is 21.5. The Labute approximate surface area is 210 Å². The van der Waals surface area contributed by atoms with Gasteiger partial charge in [-0.1, -0.05) is 18.2 Å². The number of nitrogens with one attached hydrogen (secondary N) is 1. The Kier molecular flexibility index (Phi) is 9.79. The van der Waals surface area contributed by atoms with Crippen LogP contribution >= 0.6 is 15.9 Å². The summed E-state index contributed by atoms with van der Waals surface area (Å²) in [6, 6.07) is 10.6. The first-order valence-electron chi connectivity index (χ1n) is 11.0. The van der Waals surface area contributed by atoms with Crippen molar-refractivity contribution in [3.63, 3.8) is 0 Å². The quantitative estimate of drug-likeness (QED) is 0.506. The highest BCUT2D eigenvalue weighted by atomic mass is 79.9. The molecule has 186 valence electrons. The van der Waals surface area contributed by atoms with Gasteiger partial charge in [-0.15, -0.1) is 0 Å². The monoisotopic (exact) mass is 535 g/mol. The first-order valence-corrected chi connectivity index (χ1v) is 11.8. The first-order chi connectivity index (χ1) is 16.0. The van der Waals surface area contributed by atoms with E-state index in [9.17, 15) is 9.59 Å². The van der Waals surface area contributed by atoms with E-state index in [4.69, 9.17) is 14.2 Å². The van der Waals surface area contributed by atoms with Crippen LogP contribution in [0.2, 0.25) is 0 Å². The lowest BCUT2D eigenvalue weighted by Gasteiger charge is -2.20. The van der Waals surface area contributed by atoms with E-state index in [2.05, 4.69) is 51.1 Å². The zero-order valence-corrected chi connectivity index (χ0v) is 22.5. The molecule has 3 rings (SSSR count). The van der Waals surface area contributed by atoms with E-state index >= 15 is 0 Å². The van der Waals surface area contributed by atoms with E-state index in [1.54, 1.807) is 35.0 Å². The van der Waals surface area contributed by atoms with Gasteiger partial charge < -0.3 is 24.3 Å². The second-order valence-electron chi connectivity index (χ2n) is 8.86. The van der Waals surface area contributed by atoms with Gasteiger partial charge in [-0.3, -0.25) is 4.79 Å². The van der Waals surface area contributed by atoms with Gasteiger partial charge in [0.1, 0.15) is 23.6 Å². The van der Waals surface area contributed by atoms with Crippen LogP contribution in [-0.4, -0.2) is 45.5 Å². The standard InChI is InChI=1S/C18H19BrO2.C8H15NO4/c1-11-5-4-6-13-12(11)7-8-14(13)17-16(20-2)10-9-15(19)18(17)21-3;1-8(2,3)13-7(11)9-5-6(10)12-4/h4-6,9-10,14H,7-8H2,1-3H3;5H2,1-4H3,(H,9,11). The molecule has 0 saturated carbocycles. The summed E-state index contributed by atoms with van der Waals surface area (Å²) >= 11 is 3.59. The van der Waals surface area contributed by atoms with Crippen LogP contribution < -0.4 is 14.8 Å². The van der Waals surface area contributed by atoms with Crippen LogP contribution in [0.4, 0.5) is 4.79 Å². The second-order valence-corrected chi connectivity index (χ2v) is 9.72. The molecular formula is C26H34BrNO6. The number of carbonyl (C=O) groups excluding carboxylic acids is 2. The van der Waals surface area contributed by atoms with Crippen molar-refractivity contribution >= 4 is 28.0 Å². The summed E-state index contributed by atoms with van der Waals surface area (Å²) in [5.74, 6) is 1.61. The SMILES string of the molecule is COC(=O)CNC(=O)OC(C)(C)C.COc1ccc(Br)c(OC)c1C1CCc2c(C)cccc21. The van der Waals surface area contributed by atoms with Gasteiger partial charge in [0.25, 0.3) is 0 Å². The van der Waals surface area contributed by atoms with Gasteiger partial charge >= 0.3 is 12.1 Å². The number of fused-ring (bicyclic) bond motifs is 1. The summed E-state index contributed by atoms with van der Waals surface area (Å²) in [6.45, 7) is 7.24. The molecule has 1 amide bonds. The molecule has 1 atom stereocenters. The van der Waals surface area contributed by atoms with E-state index in [-0.39, 0.29) is 6.54 Å². The maximum atomic E-state index is 10.9. The fraction of sp³-hybridized carbons (Fsp3) is 0.462. The number of ether oxygens (including phenoxy) is 4. The number of aryl methyl sites for hydroxylation is 1. The number of hydrogen-bond acceptors (Lipinski definition) is 6. The highest BCUT2D eigenvalue weighted by molar-refractivity contribution is 9.10. The van der Waals surface area contributed by atoms with E-state index in [0.29, 0.717) is 5.92 Å². The number of hydrogen-bond donors (Lipinski definition) is 1. The number of benzene rings is 2. The predicted octanol–water partition coefficient (Wildman–Crippen LogP) is 5.54. The van der Waals surface area contributed by atoms with Crippen molar-refractivity contribution in [2.24, 2.45) is 0 Å². The van der Waals surface area contributed by atoms with Crippen LogP contribution in [0.1, 0.15) is 55.4 Å². The molecule has 0 fully saturated rings. The lowest BCUT2D eigenvalue weighted by Crippen LogP contribution is -2.35. The average molecular weight is 536 g/mol. The maximum Gasteiger partial charge on any atom is 0.408 e. The minimum absolute atomic E-state index is 0.175. The number of amides is 1. The Morgan fingerprint density at radius 1 is 1.09 bits per heavy atom. The Bertz CT molecular complexity index is 1020. The number of esters is 1. The van der Waals surface area contributed by atoms with Crippen molar-refractivity contribution < 1.29 is 28.5 Å². The smallest absolute Gasteiger partial charge is 0.408 e. The summed E-state index contributed by atoms with van der Waals surface area (Å²) in [7, 11) is 4.69. The molecule has 8 heteroatoms. The third-order valence-electron chi connectivity index (χ3n) is 5.39. The van der Waals surface area contributed by atoms with Crippen LogP contribution in [0.15, 0.2) is 34.8 Å². The van der Waals surface area contributed by atoms with Crippen molar-refractivity contribution in [3.8, 4) is 11.5 Å². The highest BCUT2D eigenvalue weighted by Crippen LogP contribution is 2.48. The molecule has 0 saturated heterocycles. The van der Waals surface area contributed by atoms with Gasteiger partial charge in [0.2, 0.25) is 0 Å². The Morgan fingerprint density at radius 3 is 2.38 bits per heavy atom. The van der Waals surface area contributed by atoms with E-state index < -0.39 is 17.7 Å². The molecule has 0 aliphatic heterocycles. The molecule has 0 heterocycles. The van der Waals surface area contributed by atoms with Crippen molar-refractivity contribution in [2.75, 3.05) is 27.9 Å². The molecule has 0 bridgehead atoms. The molecule has 1 N–H and O–H groups in total. The van der Waals surface area contributed by atoms with Gasteiger partial charge in [0.05, 0.1) is 25.8 Å². The summed E-state index contributed by atoms with van der Waals surface area (Å²) in [5.41, 5.74) is 4.86. The van der Waals surface area contributed by atoms with Crippen LogP contribution in [0, 0.1) is 6.92 Å². The van der Waals surface area contributed by atoms with E-state index in [0.717, 1.165) is 34.4 Å². The first kappa shape index (κ1) is 27.5. The Morgan fingerprint density at radius 2 is 1.79 bits per heavy atom. The van der Waals surface area contributed by atoms with Crippen LogP contribution in [-0.2, 0) is 20.7 Å².